The van der Waals surface area contributed by atoms with Crippen molar-refractivity contribution in [1.82, 2.24) is 5.32 Å². The zero-order valence-corrected chi connectivity index (χ0v) is 18.0. The smallest absolute Gasteiger partial charge is 0.261 e. The molecular weight excluding hydrogens is 435 g/mol. The van der Waals surface area contributed by atoms with Crippen molar-refractivity contribution in [3.63, 3.8) is 0 Å². The van der Waals surface area contributed by atoms with Crippen molar-refractivity contribution in [2.24, 2.45) is 0 Å². The maximum absolute atomic E-state index is 13.8. The van der Waals surface area contributed by atoms with Gasteiger partial charge < -0.3 is 14.8 Å². The second-order valence-corrected chi connectivity index (χ2v) is 8.89. The average Bonchev–Trinajstić information content (AvgIpc) is 2.80. The molecule has 0 radical (unpaired) electrons. The van der Waals surface area contributed by atoms with Crippen molar-refractivity contribution in [3.8, 4) is 11.5 Å². The van der Waals surface area contributed by atoms with Crippen LogP contribution in [0.15, 0.2) is 71.6 Å². The number of hydrogen-bond donors (Lipinski definition) is 2. The Morgan fingerprint density at radius 3 is 2.38 bits per heavy atom. The van der Waals surface area contributed by atoms with Crippen LogP contribution in [0.5, 0.6) is 11.5 Å². The van der Waals surface area contributed by atoms with Gasteiger partial charge in [0.1, 0.15) is 19.0 Å². The van der Waals surface area contributed by atoms with E-state index < -0.39 is 15.8 Å². The monoisotopic (exact) mass is 456 g/mol. The molecule has 0 bridgehead atoms. The molecule has 7 nitrogen and oxygen atoms in total. The average molecular weight is 456 g/mol. The van der Waals surface area contributed by atoms with E-state index >= 15 is 0 Å². The van der Waals surface area contributed by atoms with Gasteiger partial charge in [-0.3, -0.25) is 9.52 Å². The number of nitrogens with one attached hydrogen (secondary N) is 2. The molecule has 32 heavy (non-hydrogen) atoms. The summed E-state index contributed by atoms with van der Waals surface area (Å²) in [5.41, 5.74) is 0.984. The van der Waals surface area contributed by atoms with Crippen molar-refractivity contribution in [2.45, 2.75) is 17.9 Å². The third kappa shape index (κ3) is 4.67. The quantitative estimate of drug-likeness (QED) is 0.587. The third-order valence-corrected chi connectivity index (χ3v) is 6.34. The van der Waals surface area contributed by atoms with Gasteiger partial charge in [-0.05, 0) is 61.0 Å². The highest BCUT2D eigenvalue weighted by molar-refractivity contribution is 7.92. The first-order valence-corrected chi connectivity index (χ1v) is 11.4. The highest BCUT2D eigenvalue weighted by atomic mass is 32.2. The first-order chi connectivity index (χ1) is 15.3. The topological polar surface area (TPSA) is 93.7 Å². The molecule has 0 saturated carbocycles. The van der Waals surface area contributed by atoms with E-state index in [1.54, 1.807) is 6.07 Å². The lowest BCUT2D eigenvalue weighted by Crippen LogP contribution is -2.27. The summed E-state index contributed by atoms with van der Waals surface area (Å²) in [5.74, 6) is 0.254. The van der Waals surface area contributed by atoms with Crippen LogP contribution in [-0.2, 0) is 10.0 Å². The summed E-state index contributed by atoms with van der Waals surface area (Å²) in [6, 6.07) is 16.0. The Labute approximate surface area is 185 Å². The first-order valence-electron chi connectivity index (χ1n) is 9.91. The Bertz CT molecular complexity index is 1250. The van der Waals surface area contributed by atoms with Gasteiger partial charge in [0.05, 0.1) is 16.6 Å². The Morgan fingerprint density at radius 1 is 0.969 bits per heavy atom. The lowest BCUT2D eigenvalue weighted by atomic mass is 10.1. The van der Waals surface area contributed by atoms with Crippen LogP contribution in [0.3, 0.4) is 0 Å². The van der Waals surface area contributed by atoms with Crippen molar-refractivity contribution < 1.29 is 27.1 Å². The van der Waals surface area contributed by atoms with Gasteiger partial charge in [0.15, 0.2) is 11.5 Å². The zero-order chi connectivity index (χ0) is 22.7. The minimum absolute atomic E-state index is 0.0859. The molecule has 0 aliphatic carbocycles. The van der Waals surface area contributed by atoms with Crippen molar-refractivity contribution in [2.75, 3.05) is 17.9 Å². The molecule has 9 heteroatoms. The number of carbonyl (C=O) groups excluding carboxylic acids is 1. The van der Waals surface area contributed by atoms with E-state index in [0.29, 0.717) is 30.3 Å². The molecular formula is C23H21FN2O5S. The molecule has 0 saturated heterocycles. The predicted molar refractivity (Wildman–Crippen MR) is 117 cm³/mol. The molecule has 4 rings (SSSR count). The van der Waals surface area contributed by atoms with Crippen LogP contribution in [0.4, 0.5) is 10.1 Å². The standard InChI is InChI=1S/C23H21FN2O5S/c1-15(17-8-11-21-22(14-17)31-13-12-30-21)25-23(27)16-6-9-18(10-7-16)32(28,29)26-20-5-3-2-4-19(20)24/h2-11,14-15,26H,12-13H2,1H3,(H,25,27). The molecule has 166 valence electrons. The van der Waals surface area contributed by atoms with Crippen LogP contribution < -0.4 is 19.5 Å². The number of halogens is 1. The second-order valence-electron chi connectivity index (χ2n) is 7.21. The molecule has 1 heterocycles. The number of sulfonamides is 1. The number of para-hydroxylation sites is 1. The Hall–Kier alpha value is -3.59. The van der Waals surface area contributed by atoms with E-state index in [0.717, 1.165) is 11.6 Å². The number of rotatable bonds is 6. The normalized spacial score (nSPS) is 13.8. The van der Waals surface area contributed by atoms with Crippen LogP contribution in [0.2, 0.25) is 0 Å². The van der Waals surface area contributed by atoms with Crippen LogP contribution in [0, 0.1) is 5.82 Å². The van der Waals surface area contributed by atoms with E-state index in [-0.39, 0.29) is 22.5 Å². The summed E-state index contributed by atoms with van der Waals surface area (Å²) in [7, 11) is -4.00. The first kappa shape index (κ1) is 21.6. The minimum Gasteiger partial charge on any atom is -0.486 e. The molecule has 1 aliphatic heterocycles. The van der Waals surface area contributed by atoms with Gasteiger partial charge in [0.2, 0.25) is 0 Å². The number of ether oxygens (including phenoxy) is 2. The molecule has 2 N–H and O–H groups in total. The van der Waals surface area contributed by atoms with E-state index in [9.17, 15) is 17.6 Å². The summed E-state index contributed by atoms with van der Waals surface area (Å²) in [4.78, 5) is 12.5. The molecule has 1 amide bonds. The SMILES string of the molecule is CC(NC(=O)c1ccc(S(=O)(=O)Nc2ccccc2F)cc1)c1ccc2c(c1)OCCO2. The summed E-state index contributed by atoms with van der Waals surface area (Å²) in [6.07, 6.45) is 0. The zero-order valence-electron chi connectivity index (χ0n) is 17.2. The summed E-state index contributed by atoms with van der Waals surface area (Å²) < 4.78 is 52.1. The van der Waals surface area contributed by atoms with Crippen molar-refractivity contribution >= 4 is 21.6 Å². The highest BCUT2D eigenvalue weighted by Gasteiger charge is 2.19. The van der Waals surface area contributed by atoms with Crippen LogP contribution in [0.1, 0.15) is 28.9 Å². The van der Waals surface area contributed by atoms with Crippen LogP contribution in [0.25, 0.3) is 0 Å². The fourth-order valence-electron chi connectivity index (χ4n) is 3.23. The number of benzene rings is 3. The maximum atomic E-state index is 13.8. The van der Waals surface area contributed by atoms with E-state index in [1.165, 1.54) is 42.5 Å². The van der Waals surface area contributed by atoms with Crippen molar-refractivity contribution in [3.05, 3.63) is 83.7 Å². The third-order valence-electron chi connectivity index (χ3n) is 4.96. The largest absolute Gasteiger partial charge is 0.486 e. The molecule has 1 unspecified atom stereocenters. The molecule has 0 aromatic heterocycles. The summed E-state index contributed by atoms with van der Waals surface area (Å²) >= 11 is 0. The van der Waals surface area contributed by atoms with Crippen molar-refractivity contribution in [1.29, 1.82) is 0 Å². The van der Waals surface area contributed by atoms with Gasteiger partial charge in [-0.25, -0.2) is 12.8 Å². The van der Waals surface area contributed by atoms with Gasteiger partial charge in [-0.15, -0.1) is 0 Å². The molecule has 1 aliphatic rings. The number of carbonyl (C=O) groups is 1. The lowest BCUT2D eigenvalue weighted by molar-refractivity contribution is 0.0939. The van der Waals surface area contributed by atoms with Gasteiger partial charge in [-0.2, -0.15) is 0 Å². The lowest BCUT2D eigenvalue weighted by Gasteiger charge is -2.21. The molecule has 1 atom stereocenters. The van der Waals surface area contributed by atoms with Crippen LogP contribution >= 0.6 is 0 Å². The number of fused-ring (bicyclic) bond motifs is 1. The molecule has 3 aromatic rings. The Balaban J connectivity index is 1.44. The highest BCUT2D eigenvalue weighted by Crippen LogP contribution is 2.32. The number of amides is 1. The molecule has 0 fully saturated rings. The number of anilines is 1. The molecule has 3 aromatic carbocycles. The fourth-order valence-corrected chi connectivity index (χ4v) is 4.29. The predicted octanol–water partition coefficient (Wildman–Crippen LogP) is 3.89. The van der Waals surface area contributed by atoms with E-state index in [4.69, 9.17) is 9.47 Å². The van der Waals surface area contributed by atoms with Gasteiger partial charge in [0, 0.05) is 5.56 Å². The van der Waals surface area contributed by atoms with Gasteiger partial charge >= 0.3 is 0 Å². The maximum Gasteiger partial charge on any atom is 0.261 e. The Kier molecular flexibility index (Phi) is 6.00. The van der Waals surface area contributed by atoms with Gasteiger partial charge in [0.25, 0.3) is 15.9 Å². The van der Waals surface area contributed by atoms with E-state index in [1.807, 2.05) is 19.1 Å². The second kappa shape index (κ2) is 8.88. The number of hydrogen-bond acceptors (Lipinski definition) is 5. The molecule has 0 spiro atoms. The fraction of sp³-hybridized carbons (Fsp3) is 0.174. The van der Waals surface area contributed by atoms with Gasteiger partial charge in [-0.1, -0.05) is 18.2 Å². The minimum atomic E-state index is -4.00. The van der Waals surface area contributed by atoms with Crippen LogP contribution in [-0.4, -0.2) is 27.5 Å². The summed E-state index contributed by atoms with van der Waals surface area (Å²) in [6.45, 7) is 2.80. The van der Waals surface area contributed by atoms with E-state index in [2.05, 4.69) is 10.0 Å². The summed E-state index contributed by atoms with van der Waals surface area (Å²) in [5, 5.41) is 2.87. The Morgan fingerprint density at radius 2 is 1.66 bits per heavy atom.